The molecule has 1 aromatic heterocycles. The highest BCUT2D eigenvalue weighted by Crippen LogP contribution is 2.13. The fourth-order valence-electron chi connectivity index (χ4n) is 0.962. The Bertz CT molecular complexity index is 396. The van der Waals surface area contributed by atoms with Gasteiger partial charge in [0.15, 0.2) is 5.16 Å². The Hall–Kier alpha value is -1.04. The van der Waals surface area contributed by atoms with Gasteiger partial charge in [0.25, 0.3) is 0 Å². The van der Waals surface area contributed by atoms with Crippen LogP contribution in [0.2, 0.25) is 0 Å². The van der Waals surface area contributed by atoms with Crippen molar-refractivity contribution in [2.45, 2.75) is 32.0 Å². The van der Waals surface area contributed by atoms with E-state index in [0.717, 1.165) is 0 Å². The van der Waals surface area contributed by atoms with Crippen molar-refractivity contribution in [3.05, 3.63) is 0 Å². The zero-order valence-corrected chi connectivity index (χ0v) is 9.85. The summed E-state index contributed by atoms with van der Waals surface area (Å²) in [5.41, 5.74) is 0. The lowest BCUT2D eigenvalue weighted by Crippen LogP contribution is -2.15. The molecule has 0 radical (unpaired) electrons. The van der Waals surface area contributed by atoms with Crippen LogP contribution in [0, 0.1) is 0 Å². The topological polar surface area (TPSA) is 62.7 Å². The summed E-state index contributed by atoms with van der Waals surface area (Å²) in [5, 5.41) is 6.16. The van der Waals surface area contributed by atoms with Gasteiger partial charge in [0.2, 0.25) is 11.9 Å². The molecule has 0 aliphatic rings. The quantitative estimate of drug-likeness (QED) is 0.595. The molecule has 0 atom stereocenters. The molecule has 0 aliphatic heterocycles. The maximum Gasteiger partial charge on any atom is 0.228 e. The molecule has 0 fully saturated rings. The van der Waals surface area contributed by atoms with Crippen LogP contribution in [0.3, 0.4) is 0 Å². The summed E-state index contributed by atoms with van der Waals surface area (Å²) < 4.78 is 21.6. The fraction of sp³-hybridized carbons (Fsp3) is 0.667. The summed E-state index contributed by atoms with van der Waals surface area (Å²) >= 11 is 0.640. The minimum Gasteiger partial charge on any atom is -0.354 e. The number of hydrogen-bond acceptors (Lipinski definition) is 6. The molecular formula is C9H17N5S. The van der Waals surface area contributed by atoms with Gasteiger partial charge in [-0.1, -0.05) is 11.8 Å². The number of thioether (sulfide) groups is 1. The molecular weight excluding hydrogens is 211 g/mol. The molecule has 1 heterocycles. The molecule has 2 N–H and O–H groups in total. The third-order valence-electron chi connectivity index (χ3n) is 1.46. The third kappa shape index (κ3) is 3.91. The highest BCUT2D eigenvalue weighted by atomic mass is 32.2. The van der Waals surface area contributed by atoms with E-state index in [1.54, 1.807) is 0 Å². The van der Waals surface area contributed by atoms with E-state index in [4.69, 9.17) is 4.11 Å². The zero-order valence-electron chi connectivity index (χ0n) is 12.0. The van der Waals surface area contributed by atoms with Gasteiger partial charge >= 0.3 is 0 Å². The van der Waals surface area contributed by atoms with Crippen molar-refractivity contribution in [2.24, 2.45) is 0 Å². The van der Waals surface area contributed by atoms with E-state index in [9.17, 15) is 0 Å². The Morgan fingerprint density at radius 2 is 2.07 bits per heavy atom. The Morgan fingerprint density at radius 3 is 2.67 bits per heavy atom. The van der Waals surface area contributed by atoms with Crippen LogP contribution in [-0.2, 0) is 0 Å². The van der Waals surface area contributed by atoms with Crippen molar-refractivity contribution in [1.29, 1.82) is 0 Å². The second-order valence-corrected chi connectivity index (χ2v) is 3.77. The van der Waals surface area contributed by atoms with Crippen molar-refractivity contribution in [3.8, 4) is 0 Å². The van der Waals surface area contributed by atoms with E-state index in [2.05, 4.69) is 25.6 Å². The minimum atomic E-state index is -2.17. The van der Waals surface area contributed by atoms with Crippen molar-refractivity contribution >= 4 is 23.7 Å². The lowest BCUT2D eigenvalue weighted by molar-refractivity contribution is 0.835. The van der Waals surface area contributed by atoms with Gasteiger partial charge in [-0.15, -0.1) is 0 Å². The van der Waals surface area contributed by atoms with Crippen molar-refractivity contribution in [3.63, 3.8) is 0 Å². The standard InChI is InChI=1S/C9H17N5S/c1-5-10-7-12-8(11-6(2)3)14-9(13-7)15-4/h6H,5H2,1-4H3,(H2,10,11,12,13,14)/i4+1D3. The van der Waals surface area contributed by atoms with Crippen LogP contribution in [0.25, 0.3) is 0 Å². The molecule has 1 rings (SSSR count). The predicted molar refractivity (Wildman–Crippen MR) is 64.5 cm³/mol. The molecule has 0 saturated carbocycles. The molecule has 0 unspecified atom stereocenters. The molecule has 84 valence electrons. The van der Waals surface area contributed by atoms with Gasteiger partial charge in [-0.2, -0.15) is 15.0 Å². The van der Waals surface area contributed by atoms with E-state index in [1.807, 2.05) is 20.8 Å². The molecule has 0 aliphatic carbocycles. The van der Waals surface area contributed by atoms with Crippen LogP contribution in [0.1, 0.15) is 24.9 Å². The Labute approximate surface area is 98.7 Å². The number of nitrogens with one attached hydrogen (secondary N) is 2. The van der Waals surface area contributed by atoms with Gasteiger partial charge in [0, 0.05) is 16.7 Å². The maximum absolute atomic E-state index is 7.21. The van der Waals surface area contributed by atoms with Gasteiger partial charge in [-0.3, -0.25) is 0 Å². The third-order valence-corrected chi connectivity index (χ3v) is 1.82. The van der Waals surface area contributed by atoms with E-state index in [1.165, 1.54) is 0 Å². The number of nitrogens with zero attached hydrogens (tertiary/aromatic N) is 3. The van der Waals surface area contributed by atoms with Crippen LogP contribution >= 0.6 is 11.8 Å². The van der Waals surface area contributed by atoms with Crippen molar-refractivity contribution < 1.29 is 4.11 Å². The number of aromatic nitrogens is 3. The molecule has 0 bridgehead atoms. The van der Waals surface area contributed by atoms with E-state index in [-0.39, 0.29) is 11.2 Å². The smallest absolute Gasteiger partial charge is 0.228 e. The molecule has 0 spiro atoms. The first-order valence-electron chi connectivity index (χ1n) is 6.25. The van der Waals surface area contributed by atoms with Crippen LogP contribution in [-0.4, -0.2) is 33.7 Å². The summed E-state index contributed by atoms with van der Waals surface area (Å²) in [6.07, 6.45) is -2.17. The SMILES string of the molecule is [2H][13C]([2H])([2H])Sc1nc(NCC)nc(NC(C)C)n1. The highest BCUT2D eigenvalue weighted by Gasteiger charge is 2.05. The maximum atomic E-state index is 7.21. The van der Waals surface area contributed by atoms with Gasteiger partial charge in [-0.25, -0.2) is 0 Å². The Kier molecular flexibility index (Phi) is 3.12. The average Bonchev–Trinajstić information content (AvgIpc) is 2.12. The van der Waals surface area contributed by atoms with Gasteiger partial charge < -0.3 is 10.6 Å². The summed E-state index contributed by atoms with van der Waals surface area (Å²) in [6, 6.07) is 0.160. The van der Waals surface area contributed by atoms with E-state index in [0.29, 0.717) is 30.2 Å². The van der Waals surface area contributed by atoms with Gasteiger partial charge in [0.05, 0.1) is 0 Å². The molecule has 1 aromatic rings. The largest absolute Gasteiger partial charge is 0.354 e. The molecule has 5 nitrogen and oxygen atoms in total. The first-order valence-corrected chi connectivity index (χ1v) is 5.57. The monoisotopic (exact) mass is 231 g/mol. The molecule has 0 aromatic carbocycles. The number of hydrogen-bond donors (Lipinski definition) is 2. The molecule has 15 heavy (non-hydrogen) atoms. The van der Waals surface area contributed by atoms with Gasteiger partial charge in [0.1, 0.15) is 0 Å². The summed E-state index contributed by atoms with van der Waals surface area (Å²) in [4.78, 5) is 12.3. The lowest BCUT2D eigenvalue weighted by Gasteiger charge is -2.10. The van der Waals surface area contributed by atoms with Crippen LogP contribution < -0.4 is 10.6 Å². The van der Waals surface area contributed by atoms with Crippen molar-refractivity contribution in [1.82, 2.24) is 15.0 Å². The minimum absolute atomic E-state index is 0.160. The lowest BCUT2D eigenvalue weighted by atomic mass is 10.4. The highest BCUT2D eigenvalue weighted by molar-refractivity contribution is 7.98. The Balaban J connectivity index is 2.97. The van der Waals surface area contributed by atoms with Crippen LogP contribution in [0.15, 0.2) is 5.16 Å². The summed E-state index contributed by atoms with van der Waals surface area (Å²) in [6.45, 7) is 6.47. The fourth-order valence-corrected chi connectivity index (χ4v) is 1.23. The predicted octanol–water partition coefficient (Wildman–Crippen LogP) is 1.85. The molecule has 0 amide bonds. The van der Waals surface area contributed by atoms with Gasteiger partial charge in [-0.05, 0) is 27.0 Å². The number of anilines is 2. The first-order chi connectivity index (χ1) is 8.30. The second kappa shape index (κ2) is 5.75. The number of rotatable bonds is 5. The average molecular weight is 231 g/mol. The van der Waals surface area contributed by atoms with E-state index < -0.39 is 6.18 Å². The summed E-state index contributed by atoms with van der Waals surface area (Å²) in [7, 11) is 0. The zero-order chi connectivity index (χ0) is 13.8. The van der Waals surface area contributed by atoms with Crippen molar-refractivity contribution in [2.75, 3.05) is 23.4 Å². The van der Waals surface area contributed by atoms with Crippen LogP contribution in [0.5, 0.6) is 0 Å². The second-order valence-electron chi connectivity index (χ2n) is 3.20. The summed E-state index contributed by atoms with van der Waals surface area (Å²) in [5.74, 6) is 0.755. The first kappa shape index (κ1) is 8.15. The normalized spacial score (nSPS) is 14.3. The molecule has 0 saturated heterocycles. The van der Waals surface area contributed by atoms with Crippen LogP contribution in [0.4, 0.5) is 11.9 Å². The molecule has 6 heteroatoms. The van der Waals surface area contributed by atoms with E-state index >= 15 is 0 Å². The Morgan fingerprint density at radius 1 is 1.33 bits per heavy atom.